The van der Waals surface area contributed by atoms with Crippen LogP contribution in [0, 0.1) is 6.92 Å². The van der Waals surface area contributed by atoms with Gasteiger partial charge in [0.1, 0.15) is 0 Å². The van der Waals surface area contributed by atoms with Crippen LogP contribution in [0.5, 0.6) is 0 Å². The number of nitrogens with two attached hydrogens (primary N) is 1. The lowest BCUT2D eigenvalue weighted by molar-refractivity contribution is 0.741. The number of hydrogen-bond donors (Lipinski definition) is 1. The molecule has 1 heterocycles. The van der Waals surface area contributed by atoms with Gasteiger partial charge in [-0.1, -0.05) is 40.6 Å². The van der Waals surface area contributed by atoms with E-state index in [4.69, 9.17) is 5.73 Å². The maximum absolute atomic E-state index is 5.85. The van der Waals surface area contributed by atoms with Crippen LogP contribution in [0.15, 0.2) is 22.7 Å². The van der Waals surface area contributed by atoms with Crippen LogP contribution in [0.3, 0.4) is 0 Å². The van der Waals surface area contributed by atoms with Gasteiger partial charge in [0.25, 0.3) is 0 Å². The maximum atomic E-state index is 5.85. The van der Waals surface area contributed by atoms with E-state index in [0.29, 0.717) is 5.82 Å². The number of anilines is 1. The summed E-state index contributed by atoms with van der Waals surface area (Å²) >= 11 is 3.52. The summed E-state index contributed by atoms with van der Waals surface area (Å²) in [5, 5.41) is 8.09. The Balaban J connectivity index is 2.56. The van der Waals surface area contributed by atoms with Crippen molar-refractivity contribution in [1.82, 2.24) is 15.0 Å². The highest BCUT2D eigenvalue weighted by molar-refractivity contribution is 9.10. The Labute approximate surface area is 109 Å². The zero-order chi connectivity index (χ0) is 12.4. The summed E-state index contributed by atoms with van der Waals surface area (Å²) in [5.41, 5.74) is 8.98. The highest BCUT2D eigenvalue weighted by atomic mass is 79.9. The Hall–Kier alpha value is -1.36. The predicted octanol–water partition coefficient (Wildman–Crippen LogP) is 2.87. The molecule has 0 aliphatic rings. The van der Waals surface area contributed by atoms with Crippen LogP contribution in [0.2, 0.25) is 0 Å². The van der Waals surface area contributed by atoms with Gasteiger partial charge in [0.05, 0.1) is 11.4 Å². The van der Waals surface area contributed by atoms with Gasteiger partial charge in [-0.15, -0.1) is 5.10 Å². The van der Waals surface area contributed by atoms with Crippen molar-refractivity contribution in [3.8, 4) is 5.69 Å². The molecule has 0 fully saturated rings. The number of nitrogens with zero attached hydrogens (tertiary/aromatic N) is 3. The zero-order valence-corrected chi connectivity index (χ0v) is 11.5. The first-order valence-corrected chi connectivity index (χ1v) is 6.40. The van der Waals surface area contributed by atoms with Crippen LogP contribution in [0.4, 0.5) is 5.82 Å². The van der Waals surface area contributed by atoms with E-state index in [2.05, 4.69) is 33.2 Å². The Kier molecular flexibility index (Phi) is 3.47. The lowest BCUT2D eigenvalue weighted by Gasteiger charge is -2.10. The van der Waals surface area contributed by atoms with Crippen molar-refractivity contribution in [1.29, 1.82) is 0 Å². The van der Waals surface area contributed by atoms with E-state index in [1.807, 2.05) is 29.8 Å². The minimum absolute atomic E-state index is 0.520. The second-order valence-corrected chi connectivity index (χ2v) is 4.82. The highest BCUT2D eigenvalue weighted by Crippen LogP contribution is 2.24. The molecule has 0 amide bonds. The fourth-order valence-corrected chi connectivity index (χ4v) is 2.16. The molecule has 0 spiro atoms. The molecule has 0 radical (unpaired) electrons. The van der Waals surface area contributed by atoms with Crippen molar-refractivity contribution < 1.29 is 0 Å². The summed E-state index contributed by atoms with van der Waals surface area (Å²) in [7, 11) is 0. The van der Waals surface area contributed by atoms with Gasteiger partial charge >= 0.3 is 0 Å². The lowest BCUT2D eigenvalue weighted by Crippen LogP contribution is -2.05. The smallest absolute Gasteiger partial charge is 0.169 e. The molecule has 2 N–H and O–H groups in total. The molecule has 2 rings (SSSR count). The van der Waals surface area contributed by atoms with E-state index in [9.17, 15) is 0 Å². The van der Waals surface area contributed by atoms with Gasteiger partial charge in [-0.05, 0) is 31.0 Å². The highest BCUT2D eigenvalue weighted by Gasteiger charge is 2.13. The maximum Gasteiger partial charge on any atom is 0.169 e. The number of halogens is 1. The third kappa shape index (κ3) is 2.20. The van der Waals surface area contributed by atoms with Crippen molar-refractivity contribution in [3.05, 3.63) is 33.9 Å². The Morgan fingerprint density at radius 2 is 2.18 bits per heavy atom. The second kappa shape index (κ2) is 4.87. The van der Waals surface area contributed by atoms with Crippen molar-refractivity contribution in [2.24, 2.45) is 0 Å². The van der Waals surface area contributed by atoms with Crippen molar-refractivity contribution >= 4 is 21.7 Å². The largest absolute Gasteiger partial charge is 0.381 e. The van der Waals surface area contributed by atoms with Gasteiger partial charge in [0, 0.05) is 4.47 Å². The summed E-state index contributed by atoms with van der Waals surface area (Å²) in [6, 6.07) is 6.02. The Morgan fingerprint density at radius 3 is 2.88 bits per heavy atom. The van der Waals surface area contributed by atoms with E-state index in [1.54, 1.807) is 0 Å². The van der Waals surface area contributed by atoms with Gasteiger partial charge in [0.2, 0.25) is 0 Å². The minimum atomic E-state index is 0.520. The Morgan fingerprint density at radius 1 is 1.41 bits per heavy atom. The number of nitrogen functional groups attached to an aromatic ring is 1. The van der Waals surface area contributed by atoms with Crippen LogP contribution in [0.1, 0.15) is 24.6 Å². The molecule has 1 aromatic carbocycles. The monoisotopic (exact) mass is 294 g/mol. The van der Waals surface area contributed by atoms with Gasteiger partial charge in [-0.3, -0.25) is 0 Å². The van der Waals surface area contributed by atoms with Crippen LogP contribution in [-0.4, -0.2) is 15.0 Å². The molecule has 2 aromatic rings. The molecule has 4 nitrogen and oxygen atoms in total. The molecule has 0 aliphatic heterocycles. The van der Waals surface area contributed by atoms with Crippen LogP contribution >= 0.6 is 15.9 Å². The average molecular weight is 295 g/mol. The fourth-order valence-electron chi connectivity index (χ4n) is 1.80. The number of aromatic nitrogens is 3. The zero-order valence-electron chi connectivity index (χ0n) is 9.94. The SMILES string of the molecule is CCCc1c(N)nnn1-c1cccc(Br)c1C. The van der Waals surface area contributed by atoms with Gasteiger partial charge < -0.3 is 5.73 Å². The summed E-state index contributed by atoms with van der Waals surface area (Å²) in [6.07, 6.45) is 1.90. The summed E-state index contributed by atoms with van der Waals surface area (Å²) in [5.74, 6) is 0.520. The molecule has 0 atom stereocenters. The van der Waals surface area contributed by atoms with Crippen LogP contribution in [-0.2, 0) is 6.42 Å². The average Bonchev–Trinajstić information content (AvgIpc) is 2.66. The van der Waals surface area contributed by atoms with E-state index < -0.39 is 0 Å². The van der Waals surface area contributed by atoms with Crippen molar-refractivity contribution in [2.75, 3.05) is 5.73 Å². The normalized spacial score (nSPS) is 10.8. The molecule has 90 valence electrons. The van der Waals surface area contributed by atoms with Crippen LogP contribution in [0.25, 0.3) is 5.69 Å². The van der Waals surface area contributed by atoms with E-state index in [1.165, 1.54) is 0 Å². The first-order valence-electron chi connectivity index (χ1n) is 5.60. The molecule has 17 heavy (non-hydrogen) atoms. The number of benzene rings is 1. The summed E-state index contributed by atoms with van der Waals surface area (Å²) in [4.78, 5) is 0. The second-order valence-electron chi connectivity index (χ2n) is 3.97. The predicted molar refractivity (Wildman–Crippen MR) is 72.2 cm³/mol. The first-order chi connectivity index (χ1) is 8.15. The molecular formula is C12H15BrN4. The summed E-state index contributed by atoms with van der Waals surface area (Å²) < 4.78 is 2.89. The van der Waals surface area contributed by atoms with E-state index in [-0.39, 0.29) is 0 Å². The third-order valence-corrected chi connectivity index (χ3v) is 3.61. The molecule has 0 bridgehead atoms. The molecule has 0 aliphatic carbocycles. The summed E-state index contributed by atoms with van der Waals surface area (Å²) in [6.45, 7) is 4.16. The number of hydrogen-bond acceptors (Lipinski definition) is 3. The van der Waals surface area contributed by atoms with Crippen LogP contribution < -0.4 is 5.73 Å². The molecule has 1 aromatic heterocycles. The molecule has 0 unspecified atom stereocenters. The molecule has 5 heteroatoms. The van der Waals surface area contributed by atoms with E-state index in [0.717, 1.165) is 34.3 Å². The molecule has 0 saturated carbocycles. The number of rotatable bonds is 3. The van der Waals surface area contributed by atoms with Crippen molar-refractivity contribution in [3.63, 3.8) is 0 Å². The minimum Gasteiger partial charge on any atom is -0.381 e. The third-order valence-electron chi connectivity index (χ3n) is 2.75. The molecular weight excluding hydrogens is 280 g/mol. The standard InChI is InChI=1S/C12H15BrN4/c1-3-5-11-12(14)15-16-17(11)10-7-4-6-9(13)8(10)2/h4,6-7H,3,5,14H2,1-2H3. The lowest BCUT2D eigenvalue weighted by atomic mass is 10.2. The van der Waals surface area contributed by atoms with Gasteiger partial charge in [-0.2, -0.15) is 0 Å². The van der Waals surface area contributed by atoms with Crippen molar-refractivity contribution in [2.45, 2.75) is 26.7 Å². The first kappa shape index (κ1) is 12.1. The van der Waals surface area contributed by atoms with E-state index >= 15 is 0 Å². The molecule has 0 saturated heterocycles. The fraction of sp³-hybridized carbons (Fsp3) is 0.333. The quantitative estimate of drug-likeness (QED) is 0.947. The topological polar surface area (TPSA) is 56.7 Å². The van der Waals surface area contributed by atoms with Gasteiger partial charge in [0.15, 0.2) is 5.82 Å². The Bertz CT molecular complexity index is 533. The van der Waals surface area contributed by atoms with Gasteiger partial charge in [-0.25, -0.2) is 4.68 Å².